The average molecular weight is 489 g/mol. The van der Waals surface area contributed by atoms with Crippen molar-refractivity contribution in [2.24, 2.45) is 7.05 Å². The average Bonchev–Trinajstić information content (AvgIpc) is 3.41. The summed E-state index contributed by atoms with van der Waals surface area (Å²) in [6, 6.07) is 5.44. The lowest BCUT2D eigenvalue weighted by molar-refractivity contribution is -0.143. The molecule has 0 unspecified atom stereocenters. The highest BCUT2D eigenvalue weighted by atomic mass is 19.4. The van der Waals surface area contributed by atoms with Gasteiger partial charge in [-0.25, -0.2) is 14.5 Å². The van der Waals surface area contributed by atoms with E-state index in [0.29, 0.717) is 10.3 Å². The van der Waals surface area contributed by atoms with Crippen molar-refractivity contribution in [3.8, 4) is 5.69 Å². The number of rotatable bonds is 6. The van der Waals surface area contributed by atoms with Crippen molar-refractivity contribution in [3.63, 3.8) is 0 Å². The number of anilines is 1. The van der Waals surface area contributed by atoms with Gasteiger partial charge < -0.3 is 10.1 Å². The standard InChI is InChI=1S/C21H18F3N7O4/c1-3-35-20(34)14-8-27-31(17(14)21(22,23)24)13-6-4-5-12(7-13)28-16(32)10-30-11-25-18-15(19(30)33)9-26-29(18)2/h4-9,11H,3,10H2,1-2H3,(H,28,32). The van der Waals surface area contributed by atoms with Crippen molar-refractivity contribution in [1.82, 2.24) is 29.1 Å². The van der Waals surface area contributed by atoms with Crippen molar-refractivity contribution in [2.45, 2.75) is 19.6 Å². The van der Waals surface area contributed by atoms with Gasteiger partial charge in [0.2, 0.25) is 5.91 Å². The summed E-state index contributed by atoms with van der Waals surface area (Å²) in [5.41, 5.74) is -2.04. The Balaban J connectivity index is 1.59. The minimum Gasteiger partial charge on any atom is -0.462 e. The molecule has 4 aromatic rings. The lowest BCUT2D eigenvalue weighted by Gasteiger charge is -2.13. The van der Waals surface area contributed by atoms with E-state index in [2.05, 4.69) is 20.5 Å². The van der Waals surface area contributed by atoms with Crippen molar-refractivity contribution in [3.05, 3.63) is 64.6 Å². The van der Waals surface area contributed by atoms with Gasteiger partial charge in [-0.3, -0.25) is 18.8 Å². The number of benzene rings is 1. The number of esters is 1. The summed E-state index contributed by atoms with van der Waals surface area (Å²) >= 11 is 0. The molecule has 0 fully saturated rings. The molecule has 0 bridgehead atoms. The molecule has 3 heterocycles. The molecule has 0 aliphatic heterocycles. The van der Waals surface area contributed by atoms with Crippen molar-refractivity contribution >= 4 is 28.6 Å². The quantitative estimate of drug-likeness (QED) is 0.411. The van der Waals surface area contributed by atoms with E-state index < -0.39 is 34.9 Å². The summed E-state index contributed by atoms with van der Waals surface area (Å²) < 4.78 is 49.0. The predicted molar refractivity (Wildman–Crippen MR) is 116 cm³/mol. The zero-order chi connectivity index (χ0) is 25.3. The van der Waals surface area contributed by atoms with Crippen molar-refractivity contribution < 1.29 is 27.5 Å². The highest BCUT2D eigenvalue weighted by molar-refractivity contribution is 5.92. The van der Waals surface area contributed by atoms with Crippen LogP contribution < -0.4 is 10.9 Å². The number of nitrogens with zero attached hydrogens (tertiary/aromatic N) is 6. The normalized spacial score (nSPS) is 11.6. The van der Waals surface area contributed by atoms with Crippen LogP contribution in [0.15, 0.2) is 47.8 Å². The number of carbonyl (C=O) groups is 2. The summed E-state index contributed by atoms with van der Waals surface area (Å²) in [4.78, 5) is 41.2. The molecule has 0 aliphatic carbocycles. The third-order valence-corrected chi connectivity index (χ3v) is 4.94. The molecule has 0 saturated carbocycles. The number of carbonyl (C=O) groups excluding carboxylic acids is 2. The first-order chi connectivity index (χ1) is 16.6. The van der Waals surface area contributed by atoms with Gasteiger partial charge in [0.25, 0.3) is 5.56 Å². The van der Waals surface area contributed by atoms with Crippen LogP contribution >= 0.6 is 0 Å². The van der Waals surface area contributed by atoms with E-state index in [0.717, 1.165) is 10.8 Å². The van der Waals surface area contributed by atoms with Gasteiger partial charge in [-0.05, 0) is 25.1 Å². The van der Waals surface area contributed by atoms with E-state index in [9.17, 15) is 27.6 Å². The number of alkyl halides is 3. The summed E-state index contributed by atoms with van der Waals surface area (Å²) in [7, 11) is 1.62. The third-order valence-electron chi connectivity index (χ3n) is 4.94. The first-order valence-electron chi connectivity index (χ1n) is 10.2. The Hall–Kier alpha value is -4.49. The Morgan fingerprint density at radius 2 is 1.94 bits per heavy atom. The van der Waals surface area contributed by atoms with Gasteiger partial charge >= 0.3 is 12.1 Å². The van der Waals surface area contributed by atoms with Crippen LogP contribution in [-0.2, 0) is 29.3 Å². The molecular formula is C21H18F3N7O4. The fourth-order valence-corrected chi connectivity index (χ4v) is 3.43. The van der Waals surface area contributed by atoms with Gasteiger partial charge in [-0.1, -0.05) is 6.07 Å². The number of amides is 1. The van der Waals surface area contributed by atoms with Crippen LogP contribution in [0, 0.1) is 0 Å². The Morgan fingerprint density at radius 3 is 2.66 bits per heavy atom. The number of aromatic nitrogens is 6. The summed E-state index contributed by atoms with van der Waals surface area (Å²) in [6.45, 7) is 0.985. The smallest absolute Gasteiger partial charge is 0.434 e. The maximum atomic E-state index is 13.7. The predicted octanol–water partition coefficient (Wildman–Crippen LogP) is 2.15. The molecule has 0 spiro atoms. The van der Waals surface area contributed by atoms with Gasteiger partial charge in [0.05, 0.1) is 24.7 Å². The molecular weight excluding hydrogens is 471 g/mol. The van der Waals surface area contributed by atoms with Gasteiger partial charge in [0, 0.05) is 12.7 Å². The van der Waals surface area contributed by atoms with E-state index in [4.69, 9.17) is 4.74 Å². The molecule has 11 nitrogen and oxygen atoms in total. The number of nitrogens with one attached hydrogen (secondary N) is 1. The van der Waals surface area contributed by atoms with Crippen LogP contribution in [0.5, 0.6) is 0 Å². The highest BCUT2D eigenvalue weighted by Crippen LogP contribution is 2.34. The van der Waals surface area contributed by atoms with E-state index in [1.54, 1.807) is 7.05 Å². The Morgan fingerprint density at radius 1 is 1.17 bits per heavy atom. The molecule has 182 valence electrons. The van der Waals surface area contributed by atoms with Crippen LogP contribution in [0.3, 0.4) is 0 Å². The first-order valence-corrected chi connectivity index (χ1v) is 10.2. The number of aryl methyl sites for hydroxylation is 1. The van der Waals surface area contributed by atoms with Crippen LogP contribution in [-0.4, -0.2) is 47.6 Å². The van der Waals surface area contributed by atoms with Gasteiger partial charge in [0.1, 0.15) is 23.8 Å². The Labute approximate surface area is 194 Å². The van der Waals surface area contributed by atoms with Gasteiger partial charge in [0.15, 0.2) is 11.3 Å². The Bertz CT molecular complexity index is 1490. The fourth-order valence-electron chi connectivity index (χ4n) is 3.43. The molecule has 4 rings (SSSR count). The van der Waals surface area contributed by atoms with Crippen LogP contribution in [0.25, 0.3) is 16.7 Å². The number of ether oxygens (including phenoxy) is 1. The molecule has 35 heavy (non-hydrogen) atoms. The fraction of sp³-hybridized carbons (Fsp3) is 0.238. The molecule has 1 aromatic carbocycles. The highest BCUT2D eigenvalue weighted by Gasteiger charge is 2.41. The lowest BCUT2D eigenvalue weighted by Crippen LogP contribution is -2.27. The molecule has 0 radical (unpaired) electrons. The molecule has 0 saturated heterocycles. The monoisotopic (exact) mass is 489 g/mol. The third kappa shape index (κ3) is 4.62. The second kappa shape index (κ2) is 9.04. The zero-order valence-corrected chi connectivity index (χ0v) is 18.4. The lowest BCUT2D eigenvalue weighted by atomic mass is 10.2. The molecule has 0 atom stereocenters. The van der Waals surface area contributed by atoms with Crippen LogP contribution in [0.2, 0.25) is 0 Å². The van der Waals surface area contributed by atoms with Gasteiger partial charge in [-0.2, -0.15) is 23.4 Å². The molecule has 0 aliphatic rings. The number of fused-ring (bicyclic) bond motifs is 1. The second-order valence-corrected chi connectivity index (χ2v) is 7.32. The molecule has 1 amide bonds. The minimum atomic E-state index is -4.91. The summed E-state index contributed by atoms with van der Waals surface area (Å²) in [6.07, 6.45) is -1.58. The molecule has 3 aromatic heterocycles. The second-order valence-electron chi connectivity index (χ2n) is 7.32. The Kier molecular flexibility index (Phi) is 6.11. The SMILES string of the molecule is CCOC(=O)c1cnn(-c2cccc(NC(=O)Cn3cnc4c(cnn4C)c3=O)c2)c1C(F)(F)F. The van der Waals surface area contributed by atoms with Crippen LogP contribution in [0.4, 0.5) is 18.9 Å². The van der Waals surface area contributed by atoms with E-state index in [1.165, 1.54) is 48.4 Å². The van der Waals surface area contributed by atoms with E-state index in [-0.39, 0.29) is 29.9 Å². The zero-order valence-electron chi connectivity index (χ0n) is 18.4. The number of halogens is 3. The van der Waals surface area contributed by atoms with E-state index >= 15 is 0 Å². The molecule has 14 heteroatoms. The molecule has 1 N–H and O–H groups in total. The van der Waals surface area contributed by atoms with E-state index in [1.807, 2.05) is 0 Å². The number of hydrogen-bond donors (Lipinski definition) is 1. The number of hydrogen-bond acceptors (Lipinski definition) is 7. The summed E-state index contributed by atoms with van der Waals surface area (Å²) in [5, 5.41) is 10.4. The largest absolute Gasteiger partial charge is 0.462 e. The van der Waals surface area contributed by atoms with Crippen molar-refractivity contribution in [1.29, 1.82) is 0 Å². The minimum absolute atomic E-state index is 0.0544. The first kappa shape index (κ1) is 23.7. The maximum absolute atomic E-state index is 13.7. The van der Waals surface area contributed by atoms with Gasteiger partial charge in [-0.15, -0.1) is 0 Å². The maximum Gasteiger partial charge on any atom is 0.434 e. The van der Waals surface area contributed by atoms with Crippen molar-refractivity contribution in [2.75, 3.05) is 11.9 Å². The topological polar surface area (TPSA) is 126 Å². The summed E-state index contributed by atoms with van der Waals surface area (Å²) in [5.74, 6) is -1.77. The van der Waals surface area contributed by atoms with Crippen LogP contribution in [0.1, 0.15) is 23.0 Å².